The SMILES string of the molecule is Br.COc1cc(CCN)ccn1. The minimum Gasteiger partial charge on any atom is -0.481 e. The Hall–Kier alpha value is -0.610. The highest BCUT2D eigenvalue weighted by Crippen LogP contribution is 2.07. The van der Waals surface area contributed by atoms with Crippen molar-refractivity contribution in [3.63, 3.8) is 0 Å². The molecule has 0 aliphatic rings. The highest BCUT2D eigenvalue weighted by atomic mass is 79.9. The first-order valence-electron chi connectivity index (χ1n) is 3.56. The second-order valence-electron chi connectivity index (χ2n) is 2.25. The number of hydrogen-bond acceptors (Lipinski definition) is 3. The van der Waals surface area contributed by atoms with E-state index in [0.29, 0.717) is 12.4 Å². The Morgan fingerprint density at radius 3 is 2.92 bits per heavy atom. The number of nitrogens with two attached hydrogens (primary N) is 1. The molecule has 0 atom stereocenters. The van der Waals surface area contributed by atoms with Crippen LogP contribution < -0.4 is 10.5 Å². The van der Waals surface area contributed by atoms with Crippen LogP contribution in [-0.4, -0.2) is 18.6 Å². The van der Waals surface area contributed by atoms with Crippen molar-refractivity contribution in [1.82, 2.24) is 4.98 Å². The van der Waals surface area contributed by atoms with Crippen LogP contribution in [0.15, 0.2) is 18.3 Å². The molecule has 0 saturated carbocycles. The number of hydrogen-bond donors (Lipinski definition) is 1. The maximum atomic E-state index is 5.39. The zero-order valence-corrected chi connectivity index (χ0v) is 8.70. The summed E-state index contributed by atoms with van der Waals surface area (Å²) in [4.78, 5) is 3.98. The fourth-order valence-electron chi connectivity index (χ4n) is 0.884. The zero-order valence-electron chi connectivity index (χ0n) is 6.99. The molecule has 0 spiro atoms. The van der Waals surface area contributed by atoms with Crippen LogP contribution in [0.1, 0.15) is 5.56 Å². The molecular weight excluding hydrogens is 220 g/mol. The van der Waals surface area contributed by atoms with Gasteiger partial charge in [-0.2, -0.15) is 0 Å². The fourth-order valence-corrected chi connectivity index (χ4v) is 0.884. The van der Waals surface area contributed by atoms with Crippen LogP contribution in [-0.2, 0) is 6.42 Å². The average Bonchev–Trinajstić information content (AvgIpc) is 2.06. The lowest BCUT2D eigenvalue weighted by Crippen LogP contribution is -2.02. The minimum absolute atomic E-state index is 0. The first-order valence-corrected chi connectivity index (χ1v) is 3.56. The van der Waals surface area contributed by atoms with E-state index in [1.165, 1.54) is 5.56 Å². The van der Waals surface area contributed by atoms with E-state index in [0.717, 1.165) is 6.42 Å². The van der Waals surface area contributed by atoms with Crippen molar-refractivity contribution in [2.24, 2.45) is 5.73 Å². The molecule has 2 N–H and O–H groups in total. The third-order valence-corrected chi connectivity index (χ3v) is 1.44. The first-order chi connectivity index (χ1) is 5.36. The predicted molar refractivity (Wildman–Crippen MR) is 53.9 cm³/mol. The van der Waals surface area contributed by atoms with Crippen molar-refractivity contribution in [3.8, 4) is 5.88 Å². The van der Waals surface area contributed by atoms with E-state index in [1.807, 2.05) is 12.1 Å². The van der Waals surface area contributed by atoms with Crippen molar-refractivity contribution in [2.45, 2.75) is 6.42 Å². The second-order valence-corrected chi connectivity index (χ2v) is 2.25. The van der Waals surface area contributed by atoms with Crippen LogP contribution in [0.25, 0.3) is 0 Å². The van der Waals surface area contributed by atoms with Crippen molar-refractivity contribution in [3.05, 3.63) is 23.9 Å². The van der Waals surface area contributed by atoms with Gasteiger partial charge in [0, 0.05) is 12.3 Å². The van der Waals surface area contributed by atoms with Crippen LogP contribution in [0.4, 0.5) is 0 Å². The molecule has 0 aromatic carbocycles. The van der Waals surface area contributed by atoms with Gasteiger partial charge in [-0.3, -0.25) is 0 Å². The van der Waals surface area contributed by atoms with Crippen LogP contribution in [0, 0.1) is 0 Å². The molecule has 12 heavy (non-hydrogen) atoms. The van der Waals surface area contributed by atoms with Crippen LogP contribution in [0.5, 0.6) is 5.88 Å². The maximum absolute atomic E-state index is 5.39. The number of nitrogens with zero attached hydrogens (tertiary/aromatic N) is 1. The standard InChI is InChI=1S/C8H12N2O.BrH/c1-11-8-6-7(2-4-9)3-5-10-8;/h3,5-6H,2,4,9H2,1H3;1H. The van der Waals surface area contributed by atoms with Crippen LogP contribution >= 0.6 is 17.0 Å². The molecule has 0 amide bonds. The molecule has 0 aliphatic heterocycles. The van der Waals surface area contributed by atoms with Crippen LogP contribution in [0.2, 0.25) is 0 Å². The smallest absolute Gasteiger partial charge is 0.213 e. The molecular formula is C8H13BrN2O. The number of methoxy groups -OCH3 is 1. The number of rotatable bonds is 3. The second kappa shape index (κ2) is 5.97. The van der Waals surface area contributed by atoms with Gasteiger partial charge in [0.15, 0.2) is 0 Å². The largest absolute Gasteiger partial charge is 0.481 e. The van der Waals surface area contributed by atoms with Crippen molar-refractivity contribution in [2.75, 3.05) is 13.7 Å². The lowest BCUT2D eigenvalue weighted by atomic mass is 10.2. The molecule has 68 valence electrons. The molecule has 4 heteroatoms. The van der Waals surface area contributed by atoms with Gasteiger partial charge in [0.25, 0.3) is 0 Å². The Morgan fingerprint density at radius 2 is 2.33 bits per heavy atom. The highest BCUT2D eigenvalue weighted by Gasteiger charge is 1.94. The Morgan fingerprint density at radius 1 is 1.58 bits per heavy atom. The fraction of sp³-hybridized carbons (Fsp3) is 0.375. The molecule has 0 saturated heterocycles. The molecule has 0 fully saturated rings. The summed E-state index contributed by atoms with van der Waals surface area (Å²) < 4.78 is 4.95. The summed E-state index contributed by atoms with van der Waals surface area (Å²) in [6.45, 7) is 0.660. The van der Waals surface area contributed by atoms with E-state index in [-0.39, 0.29) is 17.0 Å². The molecule has 0 aliphatic carbocycles. The minimum atomic E-state index is 0. The van der Waals surface area contributed by atoms with E-state index in [9.17, 15) is 0 Å². The monoisotopic (exact) mass is 232 g/mol. The summed E-state index contributed by atoms with van der Waals surface area (Å²) in [5, 5.41) is 0. The third-order valence-electron chi connectivity index (χ3n) is 1.44. The summed E-state index contributed by atoms with van der Waals surface area (Å²) >= 11 is 0. The summed E-state index contributed by atoms with van der Waals surface area (Å²) in [6, 6.07) is 3.84. The van der Waals surface area contributed by atoms with Crippen molar-refractivity contribution in [1.29, 1.82) is 0 Å². The van der Waals surface area contributed by atoms with E-state index in [1.54, 1.807) is 13.3 Å². The summed E-state index contributed by atoms with van der Waals surface area (Å²) in [7, 11) is 1.61. The van der Waals surface area contributed by atoms with Gasteiger partial charge in [-0.1, -0.05) is 0 Å². The Balaban J connectivity index is 0.00000121. The molecule has 0 unspecified atom stereocenters. The maximum Gasteiger partial charge on any atom is 0.213 e. The number of aromatic nitrogens is 1. The van der Waals surface area contributed by atoms with Crippen molar-refractivity contribution >= 4 is 17.0 Å². The molecule has 1 aromatic rings. The lowest BCUT2D eigenvalue weighted by Gasteiger charge is -2.00. The van der Waals surface area contributed by atoms with E-state index < -0.39 is 0 Å². The summed E-state index contributed by atoms with van der Waals surface area (Å²) in [5.74, 6) is 0.649. The number of halogens is 1. The third kappa shape index (κ3) is 3.19. The van der Waals surface area contributed by atoms with Gasteiger partial charge < -0.3 is 10.5 Å². The van der Waals surface area contributed by atoms with Gasteiger partial charge in [0.1, 0.15) is 0 Å². The van der Waals surface area contributed by atoms with Gasteiger partial charge in [-0.15, -0.1) is 17.0 Å². The van der Waals surface area contributed by atoms with E-state index >= 15 is 0 Å². The molecule has 1 aromatic heterocycles. The molecule has 1 rings (SSSR count). The predicted octanol–water partition coefficient (Wildman–Crippen LogP) is 1.17. The first kappa shape index (κ1) is 11.4. The molecule has 0 radical (unpaired) electrons. The van der Waals surface area contributed by atoms with Gasteiger partial charge in [-0.05, 0) is 24.6 Å². The van der Waals surface area contributed by atoms with E-state index in [4.69, 9.17) is 10.5 Å². The number of ether oxygens (including phenoxy) is 1. The van der Waals surface area contributed by atoms with Gasteiger partial charge in [0.05, 0.1) is 7.11 Å². The molecule has 3 nitrogen and oxygen atoms in total. The number of pyridine rings is 1. The Labute approximate surface area is 82.7 Å². The Bertz CT molecular complexity index is 230. The van der Waals surface area contributed by atoms with Crippen LogP contribution in [0.3, 0.4) is 0 Å². The quantitative estimate of drug-likeness (QED) is 0.852. The lowest BCUT2D eigenvalue weighted by molar-refractivity contribution is 0.397. The van der Waals surface area contributed by atoms with Gasteiger partial charge in [0.2, 0.25) is 5.88 Å². The van der Waals surface area contributed by atoms with Gasteiger partial charge >= 0.3 is 0 Å². The summed E-state index contributed by atoms with van der Waals surface area (Å²) in [5.41, 5.74) is 6.56. The Kier molecular flexibility index (Phi) is 5.66. The highest BCUT2D eigenvalue weighted by molar-refractivity contribution is 8.93. The van der Waals surface area contributed by atoms with Crippen molar-refractivity contribution < 1.29 is 4.74 Å². The van der Waals surface area contributed by atoms with E-state index in [2.05, 4.69) is 4.98 Å². The normalized spacial score (nSPS) is 8.83. The zero-order chi connectivity index (χ0) is 8.10. The molecule has 0 bridgehead atoms. The summed E-state index contributed by atoms with van der Waals surface area (Å²) in [6.07, 6.45) is 2.60. The topological polar surface area (TPSA) is 48.1 Å². The average molecular weight is 233 g/mol. The van der Waals surface area contributed by atoms with Gasteiger partial charge in [-0.25, -0.2) is 4.98 Å². The molecule has 1 heterocycles.